The zero-order valence-electron chi connectivity index (χ0n) is 13.8. The van der Waals surface area contributed by atoms with Crippen LogP contribution in [0, 0.1) is 13.8 Å². The monoisotopic (exact) mass is 339 g/mol. The second-order valence-corrected chi connectivity index (χ2v) is 7.91. The van der Waals surface area contributed by atoms with Gasteiger partial charge in [-0.05, 0) is 33.3 Å². The van der Waals surface area contributed by atoms with Crippen molar-refractivity contribution in [2.45, 2.75) is 44.6 Å². The second-order valence-electron chi connectivity index (χ2n) is 5.40. The van der Waals surface area contributed by atoms with Crippen molar-refractivity contribution < 1.29 is 4.79 Å². The predicted octanol–water partition coefficient (Wildman–Crippen LogP) is 2.66. The zero-order chi connectivity index (χ0) is 16.6. The van der Waals surface area contributed by atoms with Crippen molar-refractivity contribution in [2.24, 2.45) is 0 Å². The van der Waals surface area contributed by atoms with Gasteiger partial charge in [0.1, 0.15) is 4.83 Å². The maximum absolute atomic E-state index is 12.7. The van der Waals surface area contributed by atoms with Gasteiger partial charge < -0.3 is 4.90 Å². The van der Waals surface area contributed by atoms with Gasteiger partial charge in [0.05, 0.1) is 10.6 Å². The molecule has 0 aromatic carbocycles. The number of aromatic nitrogens is 2. The van der Waals surface area contributed by atoms with Crippen molar-refractivity contribution in [2.75, 3.05) is 14.1 Å². The predicted molar refractivity (Wildman–Crippen MR) is 93.0 cm³/mol. The molecule has 0 aliphatic carbocycles. The molecule has 22 heavy (non-hydrogen) atoms. The molecule has 2 heterocycles. The minimum Gasteiger partial charge on any atom is -0.348 e. The van der Waals surface area contributed by atoms with Crippen molar-refractivity contribution in [1.82, 2.24) is 14.5 Å². The summed E-state index contributed by atoms with van der Waals surface area (Å²) >= 11 is 2.88. The lowest BCUT2D eigenvalue weighted by Gasteiger charge is -2.17. The second kappa shape index (κ2) is 6.42. The van der Waals surface area contributed by atoms with E-state index in [4.69, 9.17) is 0 Å². The number of carbonyl (C=O) groups excluding carboxylic acids is 1. The zero-order valence-corrected chi connectivity index (χ0v) is 15.4. The molecule has 0 saturated heterocycles. The topological polar surface area (TPSA) is 55.2 Å². The van der Waals surface area contributed by atoms with E-state index >= 15 is 0 Å². The van der Waals surface area contributed by atoms with Crippen LogP contribution in [0.1, 0.15) is 24.3 Å². The standard InChI is InChI=1S/C15H21N3O2S2/c1-7-18-14(20)11-8(2)9(3)21-12(11)16-15(18)22-10(4)13(19)17(5)6/h10H,7H2,1-6H3/t10-/m0/s1. The lowest BCUT2D eigenvalue weighted by Crippen LogP contribution is -2.31. The van der Waals surface area contributed by atoms with Crippen LogP contribution in [0.3, 0.4) is 0 Å². The van der Waals surface area contributed by atoms with E-state index < -0.39 is 0 Å². The molecule has 2 aromatic rings. The highest BCUT2D eigenvalue weighted by atomic mass is 32.2. The number of fused-ring (bicyclic) bond motifs is 1. The van der Waals surface area contributed by atoms with Gasteiger partial charge in [0.15, 0.2) is 5.16 Å². The lowest BCUT2D eigenvalue weighted by atomic mass is 10.2. The molecule has 7 heteroatoms. The van der Waals surface area contributed by atoms with Crippen LogP contribution in [0.4, 0.5) is 0 Å². The van der Waals surface area contributed by atoms with E-state index in [0.29, 0.717) is 17.1 Å². The number of hydrogen-bond donors (Lipinski definition) is 0. The summed E-state index contributed by atoms with van der Waals surface area (Å²) in [5.41, 5.74) is 0.995. The quantitative estimate of drug-likeness (QED) is 0.635. The first kappa shape index (κ1) is 17.0. The van der Waals surface area contributed by atoms with E-state index in [9.17, 15) is 9.59 Å². The smallest absolute Gasteiger partial charge is 0.263 e. The van der Waals surface area contributed by atoms with Gasteiger partial charge in [-0.15, -0.1) is 11.3 Å². The summed E-state index contributed by atoms with van der Waals surface area (Å²) in [5, 5.41) is 1.04. The molecule has 0 aliphatic heterocycles. The number of nitrogens with zero attached hydrogens (tertiary/aromatic N) is 3. The van der Waals surface area contributed by atoms with Crippen LogP contribution in [0.15, 0.2) is 9.95 Å². The Kier molecular flexibility index (Phi) is 4.97. The number of amides is 1. The first-order valence-corrected chi connectivity index (χ1v) is 8.85. The van der Waals surface area contributed by atoms with Crippen molar-refractivity contribution in [3.63, 3.8) is 0 Å². The van der Waals surface area contributed by atoms with E-state index in [2.05, 4.69) is 4.98 Å². The van der Waals surface area contributed by atoms with Gasteiger partial charge in [-0.3, -0.25) is 14.2 Å². The summed E-state index contributed by atoms with van der Waals surface area (Å²) < 4.78 is 1.66. The third kappa shape index (κ3) is 2.92. The van der Waals surface area contributed by atoms with Crippen LogP contribution >= 0.6 is 23.1 Å². The number of aryl methyl sites for hydroxylation is 2. The summed E-state index contributed by atoms with van der Waals surface area (Å²) in [6.07, 6.45) is 0. The Labute approximate surface area is 138 Å². The van der Waals surface area contributed by atoms with E-state index in [1.807, 2.05) is 27.7 Å². The first-order valence-electron chi connectivity index (χ1n) is 7.16. The van der Waals surface area contributed by atoms with E-state index in [0.717, 1.165) is 15.3 Å². The van der Waals surface area contributed by atoms with Gasteiger partial charge in [-0.2, -0.15) is 0 Å². The maximum Gasteiger partial charge on any atom is 0.263 e. The minimum atomic E-state index is -0.278. The molecule has 2 aromatic heterocycles. The number of thiophene rings is 1. The number of hydrogen-bond acceptors (Lipinski definition) is 5. The Morgan fingerprint density at radius 1 is 1.41 bits per heavy atom. The molecule has 0 spiro atoms. The molecule has 0 bridgehead atoms. The third-order valence-electron chi connectivity index (χ3n) is 3.64. The molecule has 2 rings (SSSR count). The lowest BCUT2D eigenvalue weighted by molar-refractivity contribution is -0.127. The van der Waals surface area contributed by atoms with Crippen LogP contribution < -0.4 is 5.56 Å². The van der Waals surface area contributed by atoms with Gasteiger partial charge in [-0.1, -0.05) is 11.8 Å². The summed E-state index contributed by atoms with van der Waals surface area (Å²) in [5.74, 6) is 0.0144. The summed E-state index contributed by atoms with van der Waals surface area (Å²) in [6.45, 7) is 8.27. The minimum absolute atomic E-state index is 0.0126. The first-order chi connectivity index (χ1) is 10.3. The molecule has 5 nitrogen and oxygen atoms in total. The highest BCUT2D eigenvalue weighted by molar-refractivity contribution is 8.00. The van der Waals surface area contributed by atoms with E-state index in [1.165, 1.54) is 23.1 Å². The molecule has 1 atom stereocenters. The molecule has 1 amide bonds. The van der Waals surface area contributed by atoms with Crippen LogP contribution in [0.25, 0.3) is 10.2 Å². The van der Waals surface area contributed by atoms with Crippen LogP contribution in [0.2, 0.25) is 0 Å². The molecule has 0 radical (unpaired) electrons. The van der Waals surface area contributed by atoms with Crippen molar-refractivity contribution in [1.29, 1.82) is 0 Å². The Morgan fingerprint density at radius 2 is 2.05 bits per heavy atom. The average Bonchev–Trinajstić information content (AvgIpc) is 2.73. The number of thioether (sulfide) groups is 1. The molecule has 120 valence electrons. The third-order valence-corrected chi connectivity index (χ3v) is 5.82. The normalized spacial score (nSPS) is 12.6. The van der Waals surface area contributed by atoms with Crippen molar-refractivity contribution in [3.05, 3.63) is 20.8 Å². The van der Waals surface area contributed by atoms with E-state index in [-0.39, 0.29) is 16.7 Å². The largest absolute Gasteiger partial charge is 0.348 e. The van der Waals surface area contributed by atoms with Crippen LogP contribution in [-0.4, -0.2) is 39.7 Å². The molecule has 0 fully saturated rings. The molecule has 0 N–H and O–H groups in total. The molecular formula is C15H21N3O2S2. The van der Waals surface area contributed by atoms with Crippen molar-refractivity contribution in [3.8, 4) is 0 Å². The summed E-state index contributed by atoms with van der Waals surface area (Å²) in [7, 11) is 3.46. The maximum atomic E-state index is 12.7. The average molecular weight is 339 g/mol. The van der Waals surface area contributed by atoms with Gasteiger partial charge in [0, 0.05) is 25.5 Å². The SMILES string of the molecule is CCn1c(S[C@@H](C)C(=O)N(C)C)nc2sc(C)c(C)c2c1=O. The molecule has 0 unspecified atom stereocenters. The fourth-order valence-corrected chi connectivity index (χ4v) is 4.44. The molecular weight excluding hydrogens is 318 g/mol. The van der Waals surface area contributed by atoms with E-state index in [1.54, 1.807) is 23.6 Å². The Morgan fingerprint density at radius 3 is 2.59 bits per heavy atom. The van der Waals surface area contributed by atoms with Crippen LogP contribution in [-0.2, 0) is 11.3 Å². The highest BCUT2D eigenvalue weighted by Crippen LogP contribution is 2.29. The summed E-state index contributed by atoms with van der Waals surface area (Å²) in [4.78, 5) is 32.8. The van der Waals surface area contributed by atoms with Crippen molar-refractivity contribution >= 4 is 39.2 Å². The molecule has 0 aliphatic rings. The summed E-state index contributed by atoms with van der Waals surface area (Å²) in [6, 6.07) is 0. The highest BCUT2D eigenvalue weighted by Gasteiger charge is 2.21. The Hall–Kier alpha value is -1.34. The Bertz CT molecular complexity index is 777. The molecule has 0 saturated carbocycles. The number of carbonyl (C=O) groups is 1. The van der Waals surface area contributed by atoms with Crippen LogP contribution in [0.5, 0.6) is 0 Å². The fraction of sp³-hybridized carbons (Fsp3) is 0.533. The van der Waals surface area contributed by atoms with Gasteiger partial charge in [0.25, 0.3) is 5.56 Å². The van der Waals surface area contributed by atoms with Gasteiger partial charge >= 0.3 is 0 Å². The number of rotatable bonds is 4. The Balaban J connectivity index is 2.55. The fourth-order valence-electron chi connectivity index (χ4n) is 2.25. The van der Waals surface area contributed by atoms with Gasteiger partial charge in [-0.25, -0.2) is 4.98 Å². The van der Waals surface area contributed by atoms with Gasteiger partial charge in [0.2, 0.25) is 5.91 Å².